The van der Waals surface area contributed by atoms with Crippen molar-refractivity contribution in [3.63, 3.8) is 0 Å². The lowest BCUT2D eigenvalue weighted by molar-refractivity contribution is -0.255. The normalized spacial score (nSPS) is 14.8. The molecule has 3 rings (SSSR count). The molecule has 1 N–H and O–H groups in total. The number of fused-ring (bicyclic) bond motifs is 1. The maximum Gasteiger partial charge on any atom is 0.269 e. The van der Waals surface area contributed by atoms with Crippen LogP contribution in [0.4, 0.5) is 5.69 Å². The molecule has 10 heteroatoms. The van der Waals surface area contributed by atoms with Crippen molar-refractivity contribution in [3.8, 4) is 0 Å². The predicted molar refractivity (Wildman–Crippen MR) is 89.1 cm³/mol. The summed E-state index contributed by atoms with van der Waals surface area (Å²) in [5, 5.41) is 13.2. The van der Waals surface area contributed by atoms with Crippen molar-refractivity contribution in [3.05, 3.63) is 58.6 Å². The number of aromatic carboxylic acids is 1. The van der Waals surface area contributed by atoms with Crippen LogP contribution in [0.15, 0.2) is 47.4 Å². The van der Waals surface area contributed by atoms with Gasteiger partial charge in [-0.05, 0) is 30.3 Å². The summed E-state index contributed by atoms with van der Waals surface area (Å²) in [5.74, 6) is -3.15. The molecule has 0 unspecified atom stereocenters. The van der Waals surface area contributed by atoms with Gasteiger partial charge in [0.05, 0.1) is 11.5 Å². The van der Waals surface area contributed by atoms with Crippen LogP contribution in [0.25, 0.3) is 0 Å². The van der Waals surface area contributed by atoms with Gasteiger partial charge in [0, 0.05) is 16.3 Å². The molecule has 0 bridgehead atoms. The number of nitrogens with one attached hydrogen (secondary N) is 1. The van der Waals surface area contributed by atoms with Crippen LogP contribution >= 0.6 is 11.6 Å². The number of rotatable bonds is 4. The Hall–Kier alpha value is -2.91. The van der Waals surface area contributed by atoms with Crippen molar-refractivity contribution in [1.29, 1.82) is 0 Å². The fraction of sp³-hybridized carbons (Fsp3) is 0.0625. The summed E-state index contributed by atoms with van der Waals surface area (Å²) in [6, 6.07) is 9.29. The molecule has 0 atom stereocenters. The number of carbonyl (C=O) groups is 3. The lowest BCUT2D eigenvalue weighted by Crippen LogP contribution is -2.37. The topological polar surface area (TPSA) is 124 Å². The summed E-state index contributed by atoms with van der Waals surface area (Å²) >= 11 is 5.71. The van der Waals surface area contributed by atoms with E-state index >= 15 is 0 Å². The van der Waals surface area contributed by atoms with Crippen molar-refractivity contribution >= 4 is 45.1 Å². The molecule has 1 heterocycles. The highest BCUT2D eigenvalue weighted by atomic mass is 35.5. The van der Waals surface area contributed by atoms with E-state index in [0.717, 1.165) is 6.07 Å². The van der Waals surface area contributed by atoms with E-state index in [2.05, 4.69) is 5.32 Å². The van der Waals surface area contributed by atoms with Gasteiger partial charge in [-0.1, -0.05) is 23.7 Å². The lowest BCUT2D eigenvalue weighted by atomic mass is 10.2. The van der Waals surface area contributed by atoms with Crippen LogP contribution in [0.2, 0.25) is 5.02 Å². The summed E-state index contributed by atoms with van der Waals surface area (Å²) in [4.78, 5) is 35.2. The van der Waals surface area contributed by atoms with E-state index in [1.54, 1.807) is 0 Å². The fourth-order valence-electron chi connectivity index (χ4n) is 2.48. The molecular weight excluding hydrogens is 384 g/mol. The number of carbonyl (C=O) groups excluding carboxylic acids is 3. The maximum absolute atomic E-state index is 12.4. The molecule has 2 aromatic rings. The minimum Gasteiger partial charge on any atom is -0.545 e. The number of sulfonamides is 1. The molecule has 26 heavy (non-hydrogen) atoms. The molecule has 0 spiro atoms. The molecule has 0 saturated heterocycles. The number of hydrogen-bond donors (Lipinski definition) is 1. The van der Waals surface area contributed by atoms with Crippen molar-refractivity contribution in [2.75, 3.05) is 11.9 Å². The van der Waals surface area contributed by atoms with E-state index in [9.17, 15) is 27.9 Å². The molecule has 0 radical (unpaired) electrons. The van der Waals surface area contributed by atoms with E-state index in [1.165, 1.54) is 36.4 Å². The number of carboxylic acids is 1. The SMILES string of the molecule is O=C(CN1C(=O)c2ccccc2S1(=O)=O)Nc1ccc(Cl)c(C(=O)[O-])c1. The minimum atomic E-state index is -4.11. The second kappa shape index (κ2) is 6.43. The number of anilines is 1. The highest BCUT2D eigenvalue weighted by Crippen LogP contribution is 2.29. The number of amides is 2. The smallest absolute Gasteiger partial charge is 0.269 e. The van der Waals surface area contributed by atoms with E-state index < -0.39 is 34.4 Å². The van der Waals surface area contributed by atoms with E-state index in [4.69, 9.17) is 11.6 Å². The minimum absolute atomic E-state index is 0.00830. The number of hydrogen-bond acceptors (Lipinski definition) is 6. The standard InChI is InChI=1S/C16H11ClN2O6S/c17-12-6-5-9(7-11(12)16(22)23)18-14(20)8-19-15(21)10-3-1-2-4-13(10)26(19,24)25/h1-7H,8H2,(H,18,20)(H,22,23)/p-1. The molecule has 0 aliphatic carbocycles. The van der Waals surface area contributed by atoms with E-state index in [1.807, 2.05) is 0 Å². The van der Waals surface area contributed by atoms with Gasteiger partial charge in [0.1, 0.15) is 11.4 Å². The monoisotopic (exact) mass is 393 g/mol. The van der Waals surface area contributed by atoms with Gasteiger partial charge in [0.25, 0.3) is 15.9 Å². The summed E-state index contributed by atoms with van der Waals surface area (Å²) in [5.41, 5.74) is -0.270. The first-order valence-corrected chi connectivity index (χ1v) is 9.00. The molecule has 134 valence electrons. The van der Waals surface area contributed by atoms with Crippen LogP contribution in [0.3, 0.4) is 0 Å². The Labute approximate surface area is 153 Å². The summed E-state index contributed by atoms with van der Waals surface area (Å²) in [6.45, 7) is -0.751. The Morgan fingerprint density at radius 2 is 1.85 bits per heavy atom. The molecule has 0 fully saturated rings. The maximum atomic E-state index is 12.4. The zero-order valence-electron chi connectivity index (χ0n) is 12.9. The molecule has 2 aromatic carbocycles. The zero-order valence-corrected chi connectivity index (χ0v) is 14.5. The Morgan fingerprint density at radius 1 is 1.15 bits per heavy atom. The third-order valence-corrected chi connectivity index (χ3v) is 5.79. The van der Waals surface area contributed by atoms with Gasteiger partial charge in [-0.25, -0.2) is 12.7 Å². The Kier molecular flexibility index (Phi) is 4.43. The molecule has 0 saturated carbocycles. The van der Waals surface area contributed by atoms with Gasteiger partial charge in [0.15, 0.2) is 0 Å². The second-order valence-electron chi connectivity index (χ2n) is 5.34. The third kappa shape index (κ3) is 3.02. The first-order valence-electron chi connectivity index (χ1n) is 7.18. The summed E-state index contributed by atoms with van der Waals surface area (Å²) in [7, 11) is -4.11. The van der Waals surface area contributed by atoms with Gasteiger partial charge in [-0.15, -0.1) is 0 Å². The van der Waals surface area contributed by atoms with Crippen LogP contribution < -0.4 is 10.4 Å². The average Bonchev–Trinajstić information content (AvgIpc) is 2.78. The number of halogens is 1. The Balaban J connectivity index is 1.81. The second-order valence-corrected chi connectivity index (χ2v) is 7.58. The quantitative estimate of drug-likeness (QED) is 0.806. The van der Waals surface area contributed by atoms with Crippen molar-refractivity contribution in [1.82, 2.24) is 4.31 Å². The highest BCUT2D eigenvalue weighted by molar-refractivity contribution is 7.90. The number of benzene rings is 2. The molecule has 0 aromatic heterocycles. The van der Waals surface area contributed by atoms with E-state index in [-0.39, 0.29) is 26.7 Å². The van der Waals surface area contributed by atoms with Gasteiger partial charge in [-0.3, -0.25) is 9.59 Å². The molecule has 1 aliphatic heterocycles. The summed E-state index contributed by atoms with van der Waals surface area (Å²) < 4.78 is 25.2. The third-order valence-electron chi connectivity index (χ3n) is 3.67. The van der Waals surface area contributed by atoms with Gasteiger partial charge < -0.3 is 15.2 Å². The van der Waals surface area contributed by atoms with Gasteiger partial charge in [-0.2, -0.15) is 0 Å². The van der Waals surface area contributed by atoms with Gasteiger partial charge in [0.2, 0.25) is 5.91 Å². The van der Waals surface area contributed by atoms with Crippen molar-refractivity contribution in [2.45, 2.75) is 4.90 Å². The number of nitrogens with zero attached hydrogens (tertiary/aromatic N) is 1. The van der Waals surface area contributed by atoms with Crippen LogP contribution in [0, 0.1) is 0 Å². The first-order chi connectivity index (χ1) is 12.2. The average molecular weight is 394 g/mol. The fourth-order valence-corrected chi connectivity index (χ4v) is 4.20. The predicted octanol–water partition coefficient (Wildman–Crippen LogP) is 0.487. The molecule has 2 amide bonds. The van der Waals surface area contributed by atoms with E-state index in [0.29, 0.717) is 4.31 Å². The zero-order chi connectivity index (χ0) is 19.1. The highest BCUT2D eigenvalue weighted by Gasteiger charge is 2.41. The van der Waals surface area contributed by atoms with Crippen LogP contribution in [-0.2, 0) is 14.8 Å². The van der Waals surface area contributed by atoms with Gasteiger partial charge >= 0.3 is 0 Å². The first kappa shape index (κ1) is 17.9. The van der Waals surface area contributed by atoms with Crippen LogP contribution in [0.1, 0.15) is 20.7 Å². The Bertz CT molecular complexity index is 1050. The lowest BCUT2D eigenvalue weighted by Gasteiger charge is -2.15. The largest absolute Gasteiger partial charge is 0.545 e. The van der Waals surface area contributed by atoms with Crippen molar-refractivity contribution in [2.24, 2.45) is 0 Å². The van der Waals surface area contributed by atoms with Crippen LogP contribution in [0.5, 0.6) is 0 Å². The van der Waals surface area contributed by atoms with Crippen molar-refractivity contribution < 1.29 is 27.9 Å². The Morgan fingerprint density at radius 3 is 2.50 bits per heavy atom. The number of carboxylic acid groups (broad SMARTS) is 1. The molecular formula is C16H10ClN2O6S-. The van der Waals surface area contributed by atoms with Crippen LogP contribution in [-0.4, -0.2) is 37.1 Å². The molecule has 1 aliphatic rings. The molecule has 8 nitrogen and oxygen atoms in total. The summed E-state index contributed by atoms with van der Waals surface area (Å²) in [6.07, 6.45) is 0.